The minimum atomic E-state index is -1.53. The predicted octanol–water partition coefficient (Wildman–Crippen LogP) is -2.32. The van der Waals surface area contributed by atoms with E-state index in [9.17, 15) is 29.4 Å². The van der Waals surface area contributed by atoms with Gasteiger partial charge in [-0.1, -0.05) is 20.3 Å². The second-order valence-corrected chi connectivity index (χ2v) is 6.93. The zero-order valence-corrected chi connectivity index (χ0v) is 16.8. The molecule has 162 valence electrons. The fourth-order valence-electron chi connectivity index (χ4n) is 2.21. The molecule has 0 saturated heterocycles. The fourth-order valence-corrected chi connectivity index (χ4v) is 2.21. The van der Waals surface area contributed by atoms with E-state index in [-0.39, 0.29) is 5.92 Å². The van der Waals surface area contributed by atoms with Gasteiger partial charge in [0.1, 0.15) is 18.1 Å². The summed E-state index contributed by atoms with van der Waals surface area (Å²) in [5.41, 5.74) is 5.50. The molecule has 0 bridgehead atoms. The number of carboxylic acid groups (broad SMARTS) is 1. The summed E-state index contributed by atoms with van der Waals surface area (Å²) >= 11 is 0. The summed E-state index contributed by atoms with van der Waals surface area (Å²) in [5.74, 6) is -3.95. The molecule has 7 unspecified atom stereocenters. The maximum absolute atomic E-state index is 12.5. The van der Waals surface area contributed by atoms with Gasteiger partial charge >= 0.3 is 5.97 Å². The standard InChI is InChI=1S/C17H32N4O7/c1-6-7(2)12(16(26)21-13(10(5)23)17(27)28)20-14(24)8(3)19-15(25)11(18)9(4)22/h7-13,22-23H,6,18H2,1-5H3,(H,19,25)(H,20,24)(H,21,26)(H,27,28). The Morgan fingerprint density at radius 3 is 1.71 bits per heavy atom. The van der Waals surface area contributed by atoms with Crippen LogP contribution in [-0.4, -0.2) is 75.4 Å². The van der Waals surface area contributed by atoms with Crippen LogP contribution in [0.2, 0.25) is 0 Å². The van der Waals surface area contributed by atoms with E-state index in [0.29, 0.717) is 6.42 Å². The molecule has 0 aliphatic carbocycles. The molecule has 28 heavy (non-hydrogen) atoms. The van der Waals surface area contributed by atoms with Crippen molar-refractivity contribution in [2.24, 2.45) is 11.7 Å². The van der Waals surface area contributed by atoms with Crippen LogP contribution in [0.1, 0.15) is 41.0 Å². The van der Waals surface area contributed by atoms with Crippen LogP contribution in [-0.2, 0) is 19.2 Å². The number of hydrogen-bond acceptors (Lipinski definition) is 7. The number of carbonyl (C=O) groups is 4. The summed E-state index contributed by atoms with van der Waals surface area (Å²) in [6.07, 6.45) is -1.95. The lowest BCUT2D eigenvalue weighted by Crippen LogP contribution is -2.59. The van der Waals surface area contributed by atoms with E-state index in [1.54, 1.807) is 13.8 Å². The van der Waals surface area contributed by atoms with Crippen molar-refractivity contribution in [2.75, 3.05) is 0 Å². The molecule has 11 nitrogen and oxygen atoms in total. The van der Waals surface area contributed by atoms with Gasteiger partial charge in [-0.2, -0.15) is 0 Å². The first-order valence-corrected chi connectivity index (χ1v) is 9.09. The van der Waals surface area contributed by atoms with E-state index in [4.69, 9.17) is 10.8 Å². The lowest BCUT2D eigenvalue weighted by Gasteiger charge is -2.27. The lowest BCUT2D eigenvalue weighted by molar-refractivity contribution is -0.145. The zero-order valence-electron chi connectivity index (χ0n) is 16.8. The molecule has 0 aromatic heterocycles. The number of nitrogens with two attached hydrogens (primary N) is 1. The minimum Gasteiger partial charge on any atom is -0.480 e. The van der Waals surface area contributed by atoms with Crippen molar-refractivity contribution in [1.82, 2.24) is 16.0 Å². The number of aliphatic carboxylic acids is 1. The third kappa shape index (κ3) is 7.79. The Labute approximate surface area is 164 Å². The van der Waals surface area contributed by atoms with Crippen LogP contribution in [0.5, 0.6) is 0 Å². The van der Waals surface area contributed by atoms with Crippen molar-refractivity contribution in [3.8, 4) is 0 Å². The van der Waals surface area contributed by atoms with Crippen molar-refractivity contribution in [2.45, 2.75) is 77.4 Å². The van der Waals surface area contributed by atoms with E-state index in [0.717, 1.165) is 0 Å². The zero-order chi connectivity index (χ0) is 22.2. The van der Waals surface area contributed by atoms with E-state index < -0.39 is 60.1 Å². The van der Waals surface area contributed by atoms with Gasteiger partial charge in [0.15, 0.2) is 6.04 Å². The average molecular weight is 404 g/mol. The van der Waals surface area contributed by atoms with Gasteiger partial charge in [0.25, 0.3) is 0 Å². The third-order valence-electron chi connectivity index (χ3n) is 4.41. The lowest BCUT2D eigenvalue weighted by atomic mass is 9.97. The molecule has 0 heterocycles. The molecule has 0 aromatic carbocycles. The molecule has 0 aliphatic heterocycles. The maximum atomic E-state index is 12.5. The van der Waals surface area contributed by atoms with Gasteiger partial charge in [-0.25, -0.2) is 4.79 Å². The first kappa shape index (κ1) is 25.8. The summed E-state index contributed by atoms with van der Waals surface area (Å²) in [4.78, 5) is 47.9. The largest absolute Gasteiger partial charge is 0.480 e. The molecular weight excluding hydrogens is 372 g/mol. The Balaban J connectivity index is 5.18. The minimum absolute atomic E-state index is 0.352. The first-order chi connectivity index (χ1) is 12.8. The number of carboxylic acids is 1. The van der Waals surface area contributed by atoms with Gasteiger partial charge in [0.05, 0.1) is 12.2 Å². The van der Waals surface area contributed by atoms with E-state index in [1.165, 1.54) is 20.8 Å². The summed E-state index contributed by atoms with van der Waals surface area (Å²) in [7, 11) is 0. The fraction of sp³-hybridized carbons (Fsp3) is 0.765. The third-order valence-corrected chi connectivity index (χ3v) is 4.41. The van der Waals surface area contributed by atoms with Crippen LogP contribution >= 0.6 is 0 Å². The van der Waals surface area contributed by atoms with E-state index >= 15 is 0 Å². The molecule has 11 heteroatoms. The van der Waals surface area contributed by atoms with Gasteiger partial charge in [0, 0.05) is 0 Å². The normalized spacial score (nSPS) is 18.6. The van der Waals surface area contributed by atoms with Gasteiger partial charge < -0.3 is 37.0 Å². The highest BCUT2D eigenvalue weighted by molar-refractivity contribution is 5.94. The van der Waals surface area contributed by atoms with Gasteiger partial charge in [-0.3, -0.25) is 14.4 Å². The summed E-state index contributed by atoms with van der Waals surface area (Å²) in [6, 6.07) is -4.88. The van der Waals surface area contributed by atoms with Gasteiger partial charge in [-0.15, -0.1) is 0 Å². The average Bonchev–Trinajstić information content (AvgIpc) is 2.61. The maximum Gasteiger partial charge on any atom is 0.328 e. The van der Waals surface area contributed by atoms with Crippen molar-refractivity contribution >= 4 is 23.7 Å². The first-order valence-electron chi connectivity index (χ1n) is 9.09. The highest BCUT2D eigenvalue weighted by Gasteiger charge is 2.33. The van der Waals surface area contributed by atoms with Crippen LogP contribution in [0.3, 0.4) is 0 Å². The number of aliphatic hydroxyl groups is 2. The molecule has 0 aliphatic rings. The Hall–Kier alpha value is -2.24. The molecule has 0 spiro atoms. The molecule has 7 atom stereocenters. The SMILES string of the molecule is CCC(C)C(NC(=O)C(C)NC(=O)C(N)C(C)O)C(=O)NC(C(=O)O)C(C)O. The van der Waals surface area contributed by atoms with Crippen LogP contribution < -0.4 is 21.7 Å². The quantitative estimate of drug-likeness (QED) is 0.199. The molecular formula is C17H32N4O7. The second-order valence-electron chi connectivity index (χ2n) is 6.93. The van der Waals surface area contributed by atoms with Crippen LogP contribution in [0.4, 0.5) is 0 Å². The molecule has 0 saturated carbocycles. The Morgan fingerprint density at radius 1 is 0.821 bits per heavy atom. The van der Waals surface area contributed by atoms with Crippen LogP contribution in [0.15, 0.2) is 0 Å². The van der Waals surface area contributed by atoms with Crippen molar-refractivity contribution < 1.29 is 34.5 Å². The van der Waals surface area contributed by atoms with Crippen LogP contribution in [0.25, 0.3) is 0 Å². The molecule has 0 aromatic rings. The predicted molar refractivity (Wildman–Crippen MR) is 99.9 cm³/mol. The Kier molecular flexibility index (Phi) is 10.6. The van der Waals surface area contributed by atoms with Gasteiger partial charge in [0.2, 0.25) is 17.7 Å². The van der Waals surface area contributed by atoms with Crippen molar-refractivity contribution in [3.05, 3.63) is 0 Å². The van der Waals surface area contributed by atoms with E-state index in [1.807, 2.05) is 0 Å². The summed E-state index contributed by atoms with van der Waals surface area (Å²) in [6.45, 7) is 7.41. The molecule has 0 fully saturated rings. The topological polar surface area (TPSA) is 191 Å². The highest BCUT2D eigenvalue weighted by atomic mass is 16.4. The number of hydrogen-bond donors (Lipinski definition) is 7. The summed E-state index contributed by atoms with van der Waals surface area (Å²) in [5, 5.41) is 35.0. The van der Waals surface area contributed by atoms with Gasteiger partial charge in [-0.05, 0) is 26.7 Å². The Morgan fingerprint density at radius 2 is 1.32 bits per heavy atom. The highest BCUT2D eigenvalue weighted by Crippen LogP contribution is 2.09. The van der Waals surface area contributed by atoms with Crippen molar-refractivity contribution in [3.63, 3.8) is 0 Å². The monoisotopic (exact) mass is 404 g/mol. The second kappa shape index (κ2) is 11.6. The van der Waals surface area contributed by atoms with Crippen molar-refractivity contribution in [1.29, 1.82) is 0 Å². The number of carbonyl (C=O) groups excluding carboxylic acids is 3. The molecule has 0 radical (unpaired) electrons. The summed E-state index contributed by atoms with van der Waals surface area (Å²) < 4.78 is 0. The molecule has 8 N–H and O–H groups in total. The molecule has 0 rings (SSSR count). The number of rotatable bonds is 11. The van der Waals surface area contributed by atoms with Crippen LogP contribution in [0, 0.1) is 5.92 Å². The van der Waals surface area contributed by atoms with E-state index in [2.05, 4.69) is 16.0 Å². The number of amides is 3. The number of aliphatic hydroxyl groups excluding tert-OH is 2. The smallest absolute Gasteiger partial charge is 0.328 e. The number of nitrogens with one attached hydrogen (secondary N) is 3. The molecule has 3 amide bonds. The Bertz CT molecular complexity index is 568.